The Morgan fingerprint density at radius 1 is 1.16 bits per heavy atom. The smallest absolute Gasteiger partial charge is 0.308 e. The van der Waals surface area contributed by atoms with Crippen LogP contribution in [-0.4, -0.2) is 29.0 Å². The summed E-state index contributed by atoms with van der Waals surface area (Å²) in [6.45, 7) is 0.403. The molecule has 2 aromatic carbocycles. The first-order chi connectivity index (χ1) is 12.1. The van der Waals surface area contributed by atoms with Crippen LogP contribution in [0.1, 0.15) is 30.0 Å². The van der Waals surface area contributed by atoms with Gasteiger partial charge in [0, 0.05) is 13.0 Å². The second-order valence-electron chi connectivity index (χ2n) is 6.21. The van der Waals surface area contributed by atoms with Gasteiger partial charge in [-0.2, -0.15) is 0 Å². The van der Waals surface area contributed by atoms with Crippen molar-refractivity contribution in [2.24, 2.45) is 5.92 Å². The van der Waals surface area contributed by atoms with E-state index >= 15 is 0 Å². The fourth-order valence-electron chi connectivity index (χ4n) is 3.39. The van der Waals surface area contributed by atoms with Gasteiger partial charge in [-0.05, 0) is 29.7 Å². The molecule has 1 heterocycles. The maximum absolute atomic E-state index is 12.6. The Morgan fingerprint density at radius 3 is 2.44 bits per heavy atom. The maximum Gasteiger partial charge on any atom is 0.308 e. The Hall–Kier alpha value is -2.82. The highest BCUT2D eigenvalue weighted by Crippen LogP contribution is 2.38. The predicted octanol–water partition coefficient (Wildman–Crippen LogP) is 3.26. The van der Waals surface area contributed by atoms with Gasteiger partial charge < -0.3 is 14.7 Å². The molecule has 0 radical (unpaired) electrons. The number of piperidine rings is 1. The van der Waals surface area contributed by atoms with Gasteiger partial charge in [-0.3, -0.25) is 9.59 Å². The topological polar surface area (TPSA) is 66.8 Å². The van der Waals surface area contributed by atoms with E-state index in [0.717, 1.165) is 11.1 Å². The molecule has 1 amide bonds. The molecule has 5 heteroatoms. The Bertz CT molecular complexity index is 742. The molecule has 1 aliphatic heterocycles. The highest BCUT2D eigenvalue weighted by Gasteiger charge is 2.40. The van der Waals surface area contributed by atoms with Crippen molar-refractivity contribution in [2.45, 2.75) is 25.4 Å². The summed E-state index contributed by atoms with van der Waals surface area (Å²) in [4.78, 5) is 26.1. The van der Waals surface area contributed by atoms with Gasteiger partial charge in [0.15, 0.2) is 0 Å². The van der Waals surface area contributed by atoms with Crippen LogP contribution >= 0.6 is 0 Å². The van der Waals surface area contributed by atoms with Crippen molar-refractivity contribution >= 4 is 11.9 Å². The van der Waals surface area contributed by atoms with Gasteiger partial charge in [0.1, 0.15) is 5.75 Å². The Balaban J connectivity index is 1.97. The lowest BCUT2D eigenvalue weighted by Crippen LogP contribution is -2.44. The maximum atomic E-state index is 12.6. The molecule has 2 aromatic rings. The van der Waals surface area contributed by atoms with Crippen molar-refractivity contribution in [3.8, 4) is 5.75 Å². The summed E-state index contributed by atoms with van der Waals surface area (Å²) in [7, 11) is 1.58. The Morgan fingerprint density at radius 2 is 1.84 bits per heavy atom. The minimum Gasteiger partial charge on any atom is -0.497 e. The van der Waals surface area contributed by atoms with E-state index in [-0.39, 0.29) is 12.3 Å². The third-order valence-corrected chi connectivity index (χ3v) is 4.68. The predicted molar refractivity (Wildman–Crippen MR) is 93.1 cm³/mol. The second kappa shape index (κ2) is 7.38. The lowest BCUT2D eigenvalue weighted by Gasteiger charge is -2.40. The Kier molecular flexibility index (Phi) is 5.03. The summed E-state index contributed by atoms with van der Waals surface area (Å²) in [5.74, 6) is -0.796. The summed E-state index contributed by atoms with van der Waals surface area (Å²) in [5.41, 5.74) is 1.80. The van der Waals surface area contributed by atoms with Crippen molar-refractivity contribution in [3.63, 3.8) is 0 Å². The van der Waals surface area contributed by atoms with E-state index in [1.54, 1.807) is 24.1 Å². The molecule has 5 nitrogen and oxygen atoms in total. The number of carbonyl (C=O) groups is 2. The van der Waals surface area contributed by atoms with E-state index in [0.29, 0.717) is 18.7 Å². The van der Waals surface area contributed by atoms with Crippen LogP contribution in [0.15, 0.2) is 54.6 Å². The normalized spacial score (nSPS) is 20.4. The standard InChI is InChI=1S/C20H21NO4/c1-25-16-9-7-15(8-10-16)19-17(20(23)24)11-12-18(22)21(19)13-14-5-3-2-4-6-14/h2-10,17,19H,11-13H2,1H3,(H,23,24)/t17-,19-/m0/s1. The van der Waals surface area contributed by atoms with Crippen LogP contribution in [0.2, 0.25) is 0 Å². The van der Waals surface area contributed by atoms with E-state index in [1.807, 2.05) is 42.5 Å². The fourth-order valence-corrected chi connectivity index (χ4v) is 3.39. The SMILES string of the molecule is COc1ccc([C@H]2[C@@H](C(=O)O)CCC(=O)N2Cc2ccccc2)cc1. The number of aliphatic carboxylic acids is 1. The highest BCUT2D eigenvalue weighted by molar-refractivity contribution is 5.81. The van der Waals surface area contributed by atoms with Crippen molar-refractivity contribution in [1.29, 1.82) is 0 Å². The number of hydrogen-bond donors (Lipinski definition) is 1. The van der Waals surface area contributed by atoms with Gasteiger partial charge in [0.25, 0.3) is 0 Å². The molecular formula is C20H21NO4. The van der Waals surface area contributed by atoms with Gasteiger partial charge in [-0.15, -0.1) is 0 Å². The van der Waals surface area contributed by atoms with E-state index in [4.69, 9.17) is 4.74 Å². The van der Waals surface area contributed by atoms with E-state index in [1.165, 1.54) is 0 Å². The molecule has 2 atom stereocenters. The second-order valence-corrected chi connectivity index (χ2v) is 6.21. The lowest BCUT2D eigenvalue weighted by molar-refractivity contribution is -0.152. The number of rotatable bonds is 5. The summed E-state index contributed by atoms with van der Waals surface area (Å²) in [6, 6.07) is 16.5. The molecule has 0 aromatic heterocycles. The molecule has 0 unspecified atom stereocenters. The fraction of sp³-hybridized carbons (Fsp3) is 0.300. The van der Waals surface area contributed by atoms with Crippen LogP contribution in [-0.2, 0) is 16.1 Å². The molecule has 3 rings (SSSR count). The molecule has 0 spiro atoms. The van der Waals surface area contributed by atoms with Crippen molar-refractivity contribution in [3.05, 3.63) is 65.7 Å². The lowest BCUT2D eigenvalue weighted by atomic mass is 9.84. The summed E-state index contributed by atoms with van der Waals surface area (Å²) >= 11 is 0. The zero-order chi connectivity index (χ0) is 17.8. The zero-order valence-corrected chi connectivity index (χ0v) is 14.1. The number of nitrogens with zero attached hydrogens (tertiary/aromatic N) is 1. The van der Waals surface area contributed by atoms with Gasteiger partial charge in [0.05, 0.1) is 19.1 Å². The van der Waals surface area contributed by atoms with E-state index < -0.39 is 17.9 Å². The first-order valence-corrected chi connectivity index (χ1v) is 8.30. The number of ether oxygens (including phenoxy) is 1. The van der Waals surface area contributed by atoms with Crippen LogP contribution in [0.3, 0.4) is 0 Å². The number of benzene rings is 2. The summed E-state index contributed by atoms with van der Waals surface area (Å²) in [5, 5.41) is 9.68. The van der Waals surface area contributed by atoms with Crippen molar-refractivity contribution in [2.75, 3.05) is 7.11 Å². The minimum atomic E-state index is -0.869. The first-order valence-electron chi connectivity index (χ1n) is 8.30. The quantitative estimate of drug-likeness (QED) is 0.908. The highest BCUT2D eigenvalue weighted by atomic mass is 16.5. The molecule has 25 heavy (non-hydrogen) atoms. The number of likely N-dealkylation sites (tertiary alicyclic amines) is 1. The van der Waals surface area contributed by atoms with Gasteiger partial charge >= 0.3 is 5.97 Å². The van der Waals surface area contributed by atoms with Gasteiger partial charge in [0.2, 0.25) is 5.91 Å². The van der Waals surface area contributed by atoms with Crippen molar-refractivity contribution in [1.82, 2.24) is 4.90 Å². The molecule has 1 saturated heterocycles. The average Bonchev–Trinajstić information content (AvgIpc) is 2.64. The molecule has 0 bridgehead atoms. The monoisotopic (exact) mass is 339 g/mol. The number of hydrogen-bond acceptors (Lipinski definition) is 3. The molecule has 1 fully saturated rings. The molecule has 0 saturated carbocycles. The van der Waals surface area contributed by atoms with Gasteiger partial charge in [-0.25, -0.2) is 0 Å². The largest absolute Gasteiger partial charge is 0.497 e. The average molecular weight is 339 g/mol. The van der Waals surface area contributed by atoms with Crippen LogP contribution in [0.25, 0.3) is 0 Å². The summed E-state index contributed by atoms with van der Waals surface area (Å²) in [6.07, 6.45) is 0.618. The molecule has 130 valence electrons. The van der Waals surface area contributed by atoms with Crippen LogP contribution in [0.4, 0.5) is 0 Å². The van der Waals surface area contributed by atoms with Crippen LogP contribution < -0.4 is 4.74 Å². The van der Waals surface area contributed by atoms with Gasteiger partial charge in [-0.1, -0.05) is 42.5 Å². The third-order valence-electron chi connectivity index (χ3n) is 4.68. The van der Waals surface area contributed by atoms with E-state index in [9.17, 15) is 14.7 Å². The minimum absolute atomic E-state index is 0.0119. The number of carboxylic acid groups (broad SMARTS) is 1. The zero-order valence-electron chi connectivity index (χ0n) is 14.1. The molecular weight excluding hydrogens is 318 g/mol. The van der Waals surface area contributed by atoms with Crippen molar-refractivity contribution < 1.29 is 19.4 Å². The van der Waals surface area contributed by atoms with Crippen LogP contribution in [0.5, 0.6) is 5.75 Å². The number of amides is 1. The number of carboxylic acids is 1. The summed E-state index contributed by atoms with van der Waals surface area (Å²) < 4.78 is 5.18. The Labute approximate surface area is 146 Å². The first kappa shape index (κ1) is 17.0. The molecule has 1 aliphatic rings. The van der Waals surface area contributed by atoms with E-state index in [2.05, 4.69) is 0 Å². The number of carbonyl (C=O) groups excluding carboxylic acids is 1. The molecule has 0 aliphatic carbocycles. The third kappa shape index (κ3) is 3.65. The molecule has 1 N–H and O–H groups in total. The van der Waals surface area contributed by atoms with Crippen LogP contribution in [0, 0.1) is 5.92 Å². The number of methoxy groups -OCH3 is 1.